The lowest BCUT2D eigenvalue weighted by Gasteiger charge is -2.09. The zero-order valence-electron chi connectivity index (χ0n) is 11.6. The second-order valence-electron chi connectivity index (χ2n) is 4.27. The Kier molecular flexibility index (Phi) is 6.64. The molecule has 22 heavy (non-hydrogen) atoms. The second kappa shape index (κ2) is 8.23. The van der Waals surface area contributed by atoms with E-state index < -0.39 is 12.3 Å². The Hall–Kier alpha value is -2.29. The minimum Gasteiger partial charge on any atom is -0.406 e. The molecule has 1 aromatic rings. The van der Waals surface area contributed by atoms with Crippen molar-refractivity contribution < 1.29 is 27.5 Å². The van der Waals surface area contributed by atoms with Gasteiger partial charge in [0.25, 0.3) is 0 Å². The molecule has 0 heterocycles. The maximum atomic E-state index is 12.0. The quantitative estimate of drug-likeness (QED) is 0.675. The summed E-state index contributed by atoms with van der Waals surface area (Å²) in [5.41, 5.74) is 5.80. The van der Waals surface area contributed by atoms with Crippen molar-refractivity contribution in [1.82, 2.24) is 10.6 Å². The zero-order chi connectivity index (χ0) is 16.6. The number of hydrogen-bond donors (Lipinski definition) is 3. The van der Waals surface area contributed by atoms with Crippen LogP contribution in [0.25, 0.3) is 0 Å². The summed E-state index contributed by atoms with van der Waals surface area (Å²) in [6, 6.07) is 5.35. The topological polar surface area (TPSA) is 93.5 Å². The number of rotatable bonds is 7. The lowest BCUT2D eigenvalue weighted by Crippen LogP contribution is -2.40. The summed E-state index contributed by atoms with van der Waals surface area (Å²) in [6.07, 6.45) is -4.29. The molecule has 0 saturated heterocycles. The normalized spacial score (nSPS) is 10.9. The van der Waals surface area contributed by atoms with Crippen LogP contribution < -0.4 is 21.1 Å². The van der Waals surface area contributed by atoms with E-state index in [1.807, 2.05) is 0 Å². The van der Waals surface area contributed by atoms with E-state index in [9.17, 15) is 22.8 Å². The van der Waals surface area contributed by atoms with E-state index in [-0.39, 0.29) is 31.3 Å². The van der Waals surface area contributed by atoms with Crippen molar-refractivity contribution in [2.45, 2.75) is 12.8 Å². The number of nitrogens with two attached hydrogens (primary N) is 1. The molecule has 0 aliphatic rings. The van der Waals surface area contributed by atoms with Gasteiger partial charge in [-0.3, -0.25) is 9.59 Å². The van der Waals surface area contributed by atoms with Gasteiger partial charge in [-0.2, -0.15) is 0 Å². The molecule has 122 valence electrons. The lowest BCUT2D eigenvalue weighted by molar-refractivity contribution is -0.274. The molecule has 0 atom stereocenters. The van der Waals surface area contributed by atoms with Crippen molar-refractivity contribution in [2.24, 2.45) is 5.73 Å². The van der Waals surface area contributed by atoms with E-state index in [4.69, 9.17) is 5.73 Å². The molecule has 0 unspecified atom stereocenters. The molecule has 0 radical (unpaired) electrons. The van der Waals surface area contributed by atoms with Crippen molar-refractivity contribution in [3.63, 3.8) is 0 Å². The molecule has 0 fully saturated rings. The SMILES string of the molecule is NCC(=O)NCC(=O)NCCc1ccc(OC(F)(F)F)cc1. The van der Waals surface area contributed by atoms with Gasteiger partial charge in [0, 0.05) is 6.54 Å². The molecule has 0 aromatic heterocycles. The highest BCUT2D eigenvalue weighted by Gasteiger charge is 2.30. The van der Waals surface area contributed by atoms with E-state index in [0.717, 1.165) is 5.56 Å². The summed E-state index contributed by atoms with van der Waals surface area (Å²) in [6.45, 7) is -0.0785. The third-order valence-corrected chi connectivity index (χ3v) is 2.52. The molecule has 1 aromatic carbocycles. The summed E-state index contributed by atoms with van der Waals surface area (Å²) in [7, 11) is 0. The van der Waals surface area contributed by atoms with Crippen LogP contribution >= 0.6 is 0 Å². The number of carbonyl (C=O) groups is 2. The molecular formula is C13H16F3N3O3. The molecule has 0 aliphatic carbocycles. The van der Waals surface area contributed by atoms with Crippen molar-refractivity contribution >= 4 is 11.8 Å². The van der Waals surface area contributed by atoms with E-state index in [1.54, 1.807) is 0 Å². The molecule has 6 nitrogen and oxygen atoms in total. The van der Waals surface area contributed by atoms with Crippen LogP contribution in [-0.4, -0.2) is 37.8 Å². The van der Waals surface area contributed by atoms with E-state index >= 15 is 0 Å². The number of benzene rings is 1. The fraction of sp³-hybridized carbons (Fsp3) is 0.385. The summed E-state index contributed by atoms with van der Waals surface area (Å²) in [4.78, 5) is 22.2. The van der Waals surface area contributed by atoms with Gasteiger partial charge in [-0.15, -0.1) is 13.2 Å². The van der Waals surface area contributed by atoms with Crippen LogP contribution in [-0.2, 0) is 16.0 Å². The zero-order valence-corrected chi connectivity index (χ0v) is 11.6. The lowest BCUT2D eigenvalue weighted by atomic mass is 10.1. The van der Waals surface area contributed by atoms with E-state index in [2.05, 4.69) is 15.4 Å². The molecule has 2 amide bonds. The average molecular weight is 319 g/mol. The van der Waals surface area contributed by atoms with Crippen molar-refractivity contribution in [3.05, 3.63) is 29.8 Å². The first-order valence-corrected chi connectivity index (χ1v) is 6.38. The number of nitrogens with one attached hydrogen (secondary N) is 2. The Morgan fingerprint density at radius 3 is 2.27 bits per heavy atom. The fourth-order valence-corrected chi connectivity index (χ4v) is 1.52. The highest BCUT2D eigenvalue weighted by Crippen LogP contribution is 2.22. The first-order valence-electron chi connectivity index (χ1n) is 6.38. The Morgan fingerprint density at radius 2 is 1.73 bits per heavy atom. The predicted molar refractivity (Wildman–Crippen MR) is 71.9 cm³/mol. The first kappa shape index (κ1) is 17.8. The van der Waals surface area contributed by atoms with Gasteiger partial charge >= 0.3 is 6.36 Å². The van der Waals surface area contributed by atoms with Crippen LogP contribution in [0.3, 0.4) is 0 Å². The number of carbonyl (C=O) groups excluding carboxylic acids is 2. The number of hydrogen-bond acceptors (Lipinski definition) is 4. The van der Waals surface area contributed by atoms with Crippen LogP contribution in [0, 0.1) is 0 Å². The van der Waals surface area contributed by atoms with Gasteiger partial charge in [0.2, 0.25) is 11.8 Å². The Balaban J connectivity index is 2.30. The van der Waals surface area contributed by atoms with Gasteiger partial charge in [0.15, 0.2) is 0 Å². The van der Waals surface area contributed by atoms with Gasteiger partial charge in [-0.1, -0.05) is 12.1 Å². The molecule has 0 bridgehead atoms. The Morgan fingerprint density at radius 1 is 1.09 bits per heavy atom. The number of alkyl halides is 3. The third kappa shape index (κ3) is 7.48. The number of amides is 2. The van der Waals surface area contributed by atoms with Crippen LogP contribution in [0.1, 0.15) is 5.56 Å². The smallest absolute Gasteiger partial charge is 0.406 e. The average Bonchev–Trinajstić information content (AvgIpc) is 2.45. The monoisotopic (exact) mass is 319 g/mol. The highest BCUT2D eigenvalue weighted by atomic mass is 19.4. The molecule has 0 saturated carbocycles. The summed E-state index contributed by atoms with van der Waals surface area (Å²) in [5.74, 6) is -1.11. The summed E-state index contributed by atoms with van der Waals surface area (Å²) < 4.78 is 39.7. The highest BCUT2D eigenvalue weighted by molar-refractivity contribution is 5.85. The molecule has 0 aliphatic heterocycles. The fourth-order valence-electron chi connectivity index (χ4n) is 1.52. The van der Waals surface area contributed by atoms with Crippen LogP contribution in [0.4, 0.5) is 13.2 Å². The van der Waals surface area contributed by atoms with E-state index in [0.29, 0.717) is 6.42 Å². The van der Waals surface area contributed by atoms with E-state index in [1.165, 1.54) is 24.3 Å². The van der Waals surface area contributed by atoms with Crippen LogP contribution in [0.5, 0.6) is 5.75 Å². The van der Waals surface area contributed by atoms with Crippen LogP contribution in [0.15, 0.2) is 24.3 Å². The molecule has 1 rings (SSSR count). The van der Waals surface area contributed by atoms with Crippen LogP contribution in [0.2, 0.25) is 0 Å². The van der Waals surface area contributed by atoms with Crippen molar-refractivity contribution in [1.29, 1.82) is 0 Å². The molecular weight excluding hydrogens is 303 g/mol. The summed E-state index contributed by atoms with van der Waals surface area (Å²) in [5, 5.41) is 4.87. The third-order valence-electron chi connectivity index (χ3n) is 2.52. The number of halogens is 3. The molecule has 4 N–H and O–H groups in total. The minimum atomic E-state index is -4.72. The Bertz CT molecular complexity index is 503. The Labute approximate surface area is 124 Å². The van der Waals surface area contributed by atoms with Gasteiger partial charge in [0.05, 0.1) is 13.1 Å². The van der Waals surface area contributed by atoms with Gasteiger partial charge in [0.1, 0.15) is 5.75 Å². The van der Waals surface area contributed by atoms with Crippen molar-refractivity contribution in [3.8, 4) is 5.75 Å². The number of ether oxygens (including phenoxy) is 1. The predicted octanol–water partition coefficient (Wildman–Crippen LogP) is 0.319. The second-order valence-corrected chi connectivity index (χ2v) is 4.27. The standard InChI is InChI=1S/C13H16F3N3O3/c14-13(15,16)22-10-3-1-9(2-4-10)5-6-18-12(21)8-19-11(20)7-17/h1-4H,5-8,17H2,(H,18,21)(H,19,20). The largest absolute Gasteiger partial charge is 0.573 e. The van der Waals surface area contributed by atoms with Gasteiger partial charge in [-0.05, 0) is 24.1 Å². The maximum absolute atomic E-state index is 12.0. The summed E-state index contributed by atoms with van der Waals surface area (Å²) >= 11 is 0. The molecule has 9 heteroatoms. The maximum Gasteiger partial charge on any atom is 0.573 e. The van der Waals surface area contributed by atoms with Gasteiger partial charge in [-0.25, -0.2) is 0 Å². The minimum absolute atomic E-state index is 0.172. The first-order chi connectivity index (χ1) is 10.3. The molecule has 0 spiro atoms. The van der Waals surface area contributed by atoms with Gasteiger partial charge < -0.3 is 21.1 Å². The van der Waals surface area contributed by atoms with Crippen molar-refractivity contribution in [2.75, 3.05) is 19.6 Å².